The van der Waals surface area contributed by atoms with Crippen LogP contribution in [0.15, 0.2) is 88.9 Å². The van der Waals surface area contributed by atoms with Crippen LogP contribution in [0.1, 0.15) is 29.5 Å². The van der Waals surface area contributed by atoms with E-state index >= 15 is 0 Å². The number of sulfonamides is 1. The summed E-state index contributed by atoms with van der Waals surface area (Å²) in [5, 5.41) is 3.21. The molecule has 0 fully saturated rings. The fraction of sp³-hybridized carbons (Fsp3) is 0.208. The first kappa shape index (κ1) is 23.6. The van der Waals surface area contributed by atoms with E-state index in [1.807, 2.05) is 19.1 Å². The molecule has 1 N–H and O–H groups in total. The maximum Gasteiger partial charge on any atom is 0.264 e. The minimum absolute atomic E-state index is 0.00448. The molecular weight excluding hydrogens is 448 g/mol. The molecule has 0 aliphatic rings. The van der Waals surface area contributed by atoms with Gasteiger partial charge in [-0.2, -0.15) is 0 Å². The number of carbonyl (C=O) groups excluding carboxylic acids is 1. The van der Waals surface area contributed by atoms with Gasteiger partial charge in [-0.25, -0.2) is 8.42 Å². The van der Waals surface area contributed by atoms with E-state index in [-0.39, 0.29) is 29.0 Å². The number of nitrogens with one attached hydrogen (secondary N) is 1. The smallest absolute Gasteiger partial charge is 0.264 e. The molecule has 0 bridgehead atoms. The third-order valence-corrected chi connectivity index (χ3v) is 6.98. The molecular formula is C24H25ClN2O4S. The molecule has 0 saturated heterocycles. The Labute approximate surface area is 193 Å². The van der Waals surface area contributed by atoms with Crippen molar-refractivity contribution < 1.29 is 17.6 Å². The molecule has 1 amide bonds. The second-order valence-electron chi connectivity index (χ2n) is 7.30. The number of benzene rings is 2. The lowest BCUT2D eigenvalue weighted by Gasteiger charge is -2.24. The highest BCUT2D eigenvalue weighted by atomic mass is 35.5. The van der Waals surface area contributed by atoms with Crippen molar-refractivity contribution in [3.8, 4) is 0 Å². The van der Waals surface area contributed by atoms with Crippen LogP contribution in [-0.2, 0) is 16.4 Å². The van der Waals surface area contributed by atoms with Gasteiger partial charge in [-0.3, -0.25) is 9.10 Å². The molecule has 32 heavy (non-hydrogen) atoms. The molecule has 168 valence electrons. The zero-order valence-electron chi connectivity index (χ0n) is 17.7. The largest absolute Gasteiger partial charge is 0.469 e. The van der Waals surface area contributed by atoms with Crippen LogP contribution >= 0.6 is 11.6 Å². The van der Waals surface area contributed by atoms with Crippen LogP contribution in [-0.4, -0.2) is 26.9 Å². The minimum Gasteiger partial charge on any atom is -0.469 e. The Balaban J connectivity index is 1.79. The molecule has 1 atom stereocenters. The zero-order chi connectivity index (χ0) is 23.1. The molecule has 2 aromatic carbocycles. The summed E-state index contributed by atoms with van der Waals surface area (Å²) in [7, 11) is -3.98. The highest BCUT2D eigenvalue weighted by Crippen LogP contribution is 2.30. The number of para-hydroxylation sites is 1. The van der Waals surface area contributed by atoms with Gasteiger partial charge in [0.1, 0.15) is 5.76 Å². The van der Waals surface area contributed by atoms with Crippen molar-refractivity contribution in [3.63, 3.8) is 0 Å². The zero-order valence-corrected chi connectivity index (χ0v) is 19.3. The fourth-order valence-electron chi connectivity index (χ4n) is 3.22. The number of nitrogens with zero attached hydrogens (tertiary/aromatic N) is 1. The Bertz CT molecular complexity index is 1180. The van der Waals surface area contributed by atoms with Gasteiger partial charge < -0.3 is 9.73 Å². The van der Waals surface area contributed by atoms with Crippen molar-refractivity contribution in [2.45, 2.75) is 30.7 Å². The molecule has 0 aliphatic heterocycles. The summed E-state index contributed by atoms with van der Waals surface area (Å²) in [5.41, 5.74) is 0.601. The quantitative estimate of drug-likeness (QED) is 0.418. The van der Waals surface area contributed by atoms with E-state index in [4.69, 9.17) is 16.0 Å². The Kier molecular flexibility index (Phi) is 7.77. The maximum absolute atomic E-state index is 13.4. The Morgan fingerprint density at radius 1 is 1.19 bits per heavy atom. The Hall–Kier alpha value is -3.03. The molecule has 1 unspecified atom stereocenters. The van der Waals surface area contributed by atoms with Gasteiger partial charge in [0.2, 0.25) is 0 Å². The topological polar surface area (TPSA) is 79.6 Å². The summed E-state index contributed by atoms with van der Waals surface area (Å²) in [5.74, 6) is 0.503. The van der Waals surface area contributed by atoms with Gasteiger partial charge in [0.25, 0.3) is 15.9 Å². The van der Waals surface area contributed by atoms with E-state index in [0.29, 0.717) is 23.6 Å². The minimum atomic E-state index is -3.98. The molecule has 0 radical (unpaired) electrons. The maximum atomic E-state index is 13.4. The standard InChI is InChI=1S/C24H25ClN2O4S/c1-3-15-27(23-12-5-4-11-22(23)25)32(29,30)21-10-6-8-19(17-21)24(28)26-18(2)13-14-20-9-7-16-31-20/h3-12,16-18H,1,13-15H2,2H3,(H,26,28). The SMILES string of the molecule is C=CCN(c1ccccc1Cl)S(=O)(=O)c1cccc(C(=O)NC(C)CCc2ccco2)c1. The number of amides is 1. The van der Waals surface area contributed by atoms with Crippen LogP contribution in [0.4, 0.5) is 5.69 Å². The van der Waals surface area contributed by atoms with Gasteiger partial charge in [0.05, 0.1) is 28.4 Å². The van der Waals surface area contributed by atoms with Gasteiger partial charge in [-0.05, 0) is 55.8 Å². The van der Waals surface area contributed by atoms with Crippen LogP contribution in [0.5, 0.6) is 0 Å². The number of aryl methyl sites for hydroxylation is 1. The van der Waals surface area contributed by atoms with Crippen LogP contribution in [0.2, 0.25) is 5.02 Å². The highest BCUT2D eigenvalue weighted by Gasteiger charge is 2.26. The highest BCUT2D eigenvalue weighted by molar-refractivity contribution is 7.92. The number of halogens is 1. The predicted octanol–water partition coefficient (Wildman–Crippen LogP) is 5.07. The van der Waals surface area contributed by atoms with E-state index in [1.54, 1.807) is 42.7 Å². The van der Waals surface area contributed by atoms with Gasteiger partial charge in [0, 0.05) is 18.0 Å². The lowest BCUT2D eigenvalue weighted by molar-refractivity contribution is 0.0938. The summed E-state index contributed by atoms with van der Waals surface area (Å²) in [6, 6.07) is 16.2. The van der Waals surface area contributed by atoms with Crippen LogP contribution in [0.25, 0.3) is 0 Å². The molecule has 1 aromatic heterocycles. The first-order valence-corrected chi connectivity index (χ1v) is 12.0. The third kappa shape index (κ3) is 5.60. The van der Waals surface area contributed by atoms with Crippen molar-refractivity contribution in [1.82, 2.24) is 5.32 Å². The average Bonchev–Trinajstić information content (AvgIpc) is 3.30. The first-order valence-electron chi connectivity index (χ1n) is 10.1. The third-order valence-electron chi connectivity index (χ3n) is 4.88. The normalized spacial score (nSPS) is 12.2. The first-order chi connectivity index (χ1) is 15.3. The molecule has 8 heteroatoms. The van der Waals surface area contributed by atoms with E-state index in [0.717, 1.165) is 5.76 Å². The lowest BCUT2D eigenvalue weighted by atomic mass is 10.1. The number of anilines is 1. The summed E-state index contributed by atoms with van der Waals surface area (Å²) in [6.07, 6.45) is 4.48. The molecule has 1 heterocycles. The summed E-state index contributed by atoms with van der Waals surface area (Å²) >= 11 is 6.24. The number of carbonyl (C=O) groups is 1. The van der Waals surface area contributed by atoms with Crippen LogP contribution < -0.4 is 9.62 Å². The van der Waals surface area contributed by atoms with Crippen molar-refractivity contribution in [2.75, 3.05) is 10.8 Å². The van der Waals surface area contributed by atoms with Crippen molar-refractivity contribution in [1.29, 1.82) is 0 Å². The monoisotopic (exact) mass is 472 g/mol. The van der Waals surface area contributed by atoms with Crippen LogP contribution in [0.3, 0.4) is 0 Å². The molecule has 6 nitrogen and oxygen atoms in total. The van der Waals surface area contributed by atoms with Crippen molar-refractivity contribution >= 4 is 33.2 Å². The van der Waals surface area contributed by atoms with E-state index in [2.05, 4.69) is 11.9 Å². The second kappa shape index (κ2) is 10.5. The van der Waals surface area contributed by atoms with Crippen molar-refractivity contribution in [2.24, 2.45) is 0 Å². The summed E-state index contributed by atoms with van der Waals surface area (Å²) < 4.78 is 33.3. The van der Waals surface area contributed by atoms with Crippen molar-refractivity contribution in [3.05, 3.63) is 95.9 Å². The van der Waals surface area contributed by atoms with Gasteiger partial charge >= 0.3 is 0 Å². The Morgan fingerprint density at radius 3 is 2.66 bits per heavy atom. The molecule has 0 aliphatic carbocycles. The number of hydrogen-bond acceptors (Lipinski definition) is 4. The van der Waals surface area contributed by atoms with E-state index in [9.17, 15) is 13.2 Å². The number of hydrogen-bond donors (Lipinski definition) is 1. The van der Waals surface area contributed by atoms with E-state index < -0.39 is 10.0 Å². The second-order valence-corrected chi connectivity index (χ2v) is 9.57. The van der Waals surface area contributed by atoms with Gasteiger partial charge in [-0.1, -0.05) is 35.9 Å². The molecule has 0 saturated carbocycles. The predicted molar refractivity (Wildman–Crippen MR) is 127 cm³/mol. The average molecular weight is 473 g/mol. The van der Waals surface area contributed by atoms with E-state index in [1.165, 1.54) is 22.5 Å². The summed E-state index contributed by atoms with van der Waals surface area (Å²) in [4.78, 5) is 12.7. The van der Waals surface area contributed by atoms with Crippen LogP contribution in [0, 0.1) is 0 Å². The molecule has 3 aromatic rings. The Morgan fingerprint density at radius 2 is 1.97 bits per heavy atom. The summed E-state index contributed by atoms with van der Waals surface area (Å²) in [6.45, 7) is 5.58. The fourth-order valence-corrected chi connectivity index (χ4v) is 5.00. The molecule has 0 spiro atoms. The molecule has 3 rings (SSSR count). The number of furan rings is 1. The number of rotatable bonds is 10. The van der Waals surface area contributed by atoms with Gasteiger partial charge in [-0.15, -0.1) is 6.58 Å². The van der Waals surface area contributed by atoms with Gasteiger partial charge in [0.15, 0.2) is 0 Å². The lowest BCUT2D eigenvalue weighted by Crippen LogP contribution is -2.34.